The van der Waals surface area contributed by atoms with E-state index in [1.54, 1.807) is 0 Å². The molecule has 0 aromatic heterocycles. The first-order valence-electron chi connectivity index (χ1n) is 33.2. The van der Waals surface area contributed by atoms with E-state index in [-0.39, 0.29) is 25.7 Å². The maximum atomic E-state index is 13.0. The Morgan fingerprint density at radius 1 is 0.301 bits per heavy atom. The van der Waals surface area contributed by atoms with Gasteiger partial charge in [0.05, 0.1) is 26.4 Å². The van der Waals surface area contributed by atoms with E-state index in [0.29, 0.717) is 43.4 Å². The number of phosphoric ester groups is 2. The number of hydrogen-bond acceptors (Lipinski definition) is 15. The van der Waals surface area contributed by atoms with Crippen molar-refractivity contribution in [3.63, 3.8) is 0 Å². The van der Waals surface area contributed by atoms with Gasteiger partial charge in [0.15, 0.2) is 12.2 Å². The Morgan fingerprint density at radius 2 is 0.506 bits per heavy atom. The van der Waals surface area contributed by atoms with E-state index >= 15 is 0 Å². The number of aliphatic hydroxyl groups is 1. The van der Waals surface area contributed by atoms with Gasteiger partial charge >= 0.3 is 39.5 Å². The average Bonchev–Trinajstić information content (AvgIpc) is 3.43. The quantitative estimate of drug-likeness (QED) is 0.0222. The van der Waals surface area contributed by atoms with Crippen LogP contribution in [0.15, 0.2) is 0 Å². The van der Waals surface area contributed by atoms with Gasteiger partial charge in [-0.05, 0) is 49.4 Å². The van der Waals surface area contributed by atoms with Gasteiger partial charge in [-0.15, -0.1) is 0 Å². The highest BCUT2D eigenvalue weighted by molar-refractivity contribution is 7.47. The Kier molecular flexibility index (Phi) is 53.0. The van der Waals surface area contributed by atoms with Gasteiger partial charge in [0.1, 0.15) is 19.3 Å². The molecule has 0 heterocycles. The van der Waals surface area contributed by atoms with Gasteiger partial charge in [0.2, 0.25) is 0 Å². The van der Waals surface area contributed by atoms with Gasteiger partial charge in [0.25, 0.3) is 0 Å². The van der Waals surface area contributed by atoms with Crippen LogP contribution in [-0.4, -0.2) is 96.7 Å². The van der Waals surface area contributed by atoms with Crippen molar-refractivity contribution in [1.29, 1.82) is 0 Å². The lowest BCUT2D eigenvalue weighted by Gasteiger charge is -2.21. The molecular formula is C64H124O17P2. The van der Waals surface area contributed by atoms with E-state index in [1.807, 2.05) is 0 Å². The van der Waals surface area contributed by atoms with Crippen molar-refractivity contribution < 1.29 is 80.2 Å². The average molecular weight is 1230 g/mol. The minimum Gasteiger partial charge on any atom is -0.462 e. The molecule has 83 heavy (non-hydrogen) atoms. The Labute approximate surface area is 505 Å². The molecule has 0 bridgehead atoms. The monoisotopic (exact) mass is 1230 g/mol. The van der Waals surface area contributed by atoms with Crippen LogP contribution < -0.4 is 0 Å². The van der Waals surface area contributed by atoms with Crippen molar-refractivity contribution in [3.8, 4) is 0 Å². The summed E-state index contributed by atoms with van der Waals surface area (Å²) in [4.78, 5) is 72.2. The van der Waals surface area contributed by atoms with E-state index in [4.69, 9.17) is 37.0 Å². The van der Waals surface area contributed by atoms with Crippen LogP contribution in [0.1, 0.15) is 306 Å². The number of carbonyl (C=O) groups excluding carboxylic acids is 4. The lowest BCUT2D eigenvalue weighted by Crippen LogP contribution is -2.30. The van der Waals surface area contributed by atoms with Crippen LogP contribution in [0.5, 0.6) is 0 Å². The van der Waals surface area contributed by atoms with Crippen LogP contribution in [0, 0.1) is 23.7 Å². The minimum atomic E-state index is -4.94. The predicted molar refractivity (Wildman–Crippen MR) is 331 cm³/mol. The maximum Gasteiger partial charge on any atom is 0.472 e. The molecule has 17 nitrogen and oxygen atoms in total. The Bertz CT molecular complexity index is 1660. The molecule has 0 spiro atoms. The molecule has 0 rings (SSSR count). The molecule has 19 heteroatoms. The van der Waals surface area contributed by atoms with Crippen molar-refractivity contribution >= 4 is 39.5 Å². The standard InChI is InChI=1S/C64H124O17P2/c1-54(2)40-32-24-16-12-10-9-11-13-19-30-38-46-63(68)80-60(51-75-62(67)45-37-29-23-22-27-35-43-57(7)8)53-79-83(72,73)77-49-58(65)48-76-82(70,71)78-52-59(81-64(69)47-39-31-21-15-18-26-34-42-56(5)6)50-74-61(66)44-36-28-20-14-17-25-33-41-55(3)4/h54-60,65H,9-53H2,1-8H3,(H,70,71)(H,72,73)/t58-,59-,60-/m1/s1. The first-order chi connectivity index (χ1) is 39.6. The number of unbranched alkanes of at least 4 members (excludes halogenated alkanes) is 27. The highest BCUT2D eigenvalue weighted by Gasteiger charge is 2.30. The van der Waals surface area contributed by atoms with Gasteiger partial charge in [-0.3, -0.25) is 37.3 Å². The summed E-state index contributed by atoms with van der Waals surface area (Å²) in [5.41, 5.74) is 0. The summed E-state index contributed by atoms with van der Waals surface area (Å²) in [6.45, 7) is 13.9. The zero-order valence-electron chi connectivity index (χ0n) is 53.8. The summed E-state index contributed by atoms with van der Waals surface area (Å²) in [6.07, 6.45) is 33.8. The molecule has 0 aromatic rings. The normalized spacial score (nSPS) is 14.4. The molecule has 2 unspecified atom stereocenters. The Hall–Kier alpha value is -1.94. The van der Waals surface area contributed by atoms with E-state index in [1.165, 1.54) is 96.3 Å². The lowest BCUT2D eigenvalue weighted by atomic mass is 10.0. The molecule has 3 N–H and O–H groups in total. The molecule has 492 valence electrons. The third kappa shape index (κ3) is 58.8. The molecule has 0 aromatic carbocycles. The third-order valence-corrected chi connectivity index (χ3v) is 16.5. The van der Waals surface area contributed by atoms with Crippen LogP contribution in [0.4, 0.5) is 0 Å². The number of rotatable bonds is 61. The fourth-order valence-electron chi connectivity index (χ4n) is 9.43. The number of ether oxygens (including phenoxy) is 4. The fraction of sp³-hybridized carbons (Fsp3) is 0.938. The molecule has 0 aliphatic rings. The molecule has 0 aliphatic carbocycles. The zero-order valence-corrected chi connectivity index (χ0v) is 55.6. The SMILES string of the molecule is CC(C)CCCCCCCCCCCCCC(=O)O[C@H](COC(=O)CCCCCCCCC(C)C)COP(=O)(O)OC[C@H](O)COP(=O)(O)OC[C@@H](COC(=O)CCCCCCCCCC(C)C)OC(=O)CCCCCCCCCC(C)C. The number of phosphoric acid groups is 2. The van der Waals surface area contributed by atoms with Gasteiger partial charge < -0.3 is 33.8 Å². The maximum absolute atomic E-state index is 13.0. The summed E-state index contributed by atoms with van der Waals surface area (Å²) < 4.78 is 67.9. The third-order valence-electron chi connectivity index (χ3n) is 14.6. The van der Waals surface area contributed by atoms with Crippen LogP contribution >= 0.6 is 15.6 Å². The summed E-state index contributed by atoms with van der Waals surface area (Å²) in [5.74, 6) is 0.703. The molecule has 0 amide bonds. The number of aliphatic hydroxyl groups excluding tert-OH is 1. The van der Waals surface area contributed by atoms with E-state index in [0.717, 1.165) is 109 Å². The number of hydrogen-bond donors (Lipinski definition) is 3. The largest absolute Gasteiger partial charge is 0.472 e. The second-order valence-electron chi connectivity index (χ2n) is 25.1. The fourth-order valence-corrected chi connectivity index (χ4v) is 11.0. The van der Waals surface area contributed by atoms with E-state index in [9.17, 15) is 43.2 Å². The van der Waals surface area contributed by atoms with E-state index in [2.05, 4.69) is 55.4 Å². The first-order valence-corrected chi connectivity index (χ1v) is 36.2. The van der Waals surface area contributed by atoms with Crippen molar-refractivity contribution in [1.82, 2.24) is 0 Å². The topological polar surface area (TPSA) is 237 Å². The molecule has 0 saturated carbocycles. The molecule has 0 fully saturated rings. The van der Waals surface area contributed by atoms with Crippen molar-refractivity contribution in [2.75, 3.05) is 39.6 Å². The zero-order chi connectivity index (χ0) is 61.8. The van der Waals surface area contributed by atoms with Gasteiger partial charge in [-0.2, -0.15) is 0 Å². The second-order valence-corrected chi connectivity index (χ2v) is 28.0. The Morgan fingerprint density at radius 3 is 0.747 bits per heavy atom. The highest BCUT2D eigenvalue weighted by atomic mass is 31.2. The molecule has 5 atom stereocenters. The van der Waals surface area contributed by atoms with Crippen molar-refractivity contribution in [3.05, 3.63) is 0 Å². The smallest absolute Gasteiger partial charge is 0.462 e. The molecular weight excluding hydrogens is 1100 g/mol. The van der Waals surface area contributed by atoms with Crippen molar-refractivity contribution in [2.45, 2.75) is 324 Å². The molecule has 0 radical (unpaired) electrons. The van der Waals surface area contributed by atoms with Crippen LogP contribution in [-0.2, 0) is 65.4 Å². The number of carbonyl (C=O) groups is 4. The second kappa shape index (κ2) is 54.2. The van der Waals surface area contributed by atoms with Gasteiger partial charge in [-0.1, -0.05) is 254 Å². The van der Waals surface area contributed by atoms with Crippen molar-refractivity contribution in [2.24, 2.45) is 23.7 Å². The van der Waals surface area contributed by atoms with Crippen LogP contribution in [0.3, 0.4) is 0 Å². The minimum absolute atomic E-state index is 0.102. The summed E-state index contributed by atoms with van der Waals surface area (Å²) in [5, 5.41) is 10.5. The van der Waals surface area contributed by atoms with Crippen LogP contribution in [0.25, 0.3) is 0 Å². The summed E-state index contributed by atoms with van der Waals surface area (Å²) >= 11 is 0. The van der Waals surface area contributed by atoms with Crippen LogP contribution in [0.2, 0.25) is 0 Å². The molecule has 0 saturated heterocycles. The number of esters is 4. The summed E-state index contributed by atoms with van der Waals surface area (Å²) in [6, 6.07) is 0. The Balaban J connectivity index is 5.24. The van der Waals surface area contributed by atoms with E-state index < -0.39 is 97.5 Å². The lowest BCUT2D eigenvalue weighted by molar-refractivity contribution is -0.161. The van der Waals surface area contributed by atoms with Gasteiger partial charge in [-0.25, -0.2) is 9.13 Å². The van der Waals surface area contributed by atoms with Gasteiger partial charge in [0, 0.05) is 25.7 Å². The highest BCUT2D eigenvalue weighted by Crippen LogP contribution is 2.45. The predicted octanol–water partition coefficient (Wildman–Crippen LogP) is 17.4. The first kappa shape index (κ1) is 81.1. The summed E-state index contributed by atoms with van der Waals surface area (Å²) in [7, 11) is -9.89. The molecule has 0 aliphatic heterocycles.